The van der Waals surface area contributed by atoms with E-state index in [9.17, 15) is 14.4 Å². The molecule has 2 aliphatic heterocycles. The Morgan fingerprint density at radius 1 is 1.29 bits per heavy atom. The zero-order chi connectivity index (χ0) is 17.3. The van der Waals surface area contributed by atoms with E-state index in [2.05, 4.69) is 5.32 Å². The summed E-state index contributed by atoms with van der Waals surface area (Å²) >= 11 is 4.90. The monoisotopic (exact) mass is 348 g/mol. The van der Waals surface area contributed by atoms with E-state index in [0.717, 1.165) is 0 Å². The van der Waals surface area contributed by atoms with Gasteiger partial charge in [-0.25, -0.2) is 0 Å². The van der Waals surface area contributed by atoms with Crippen molar-refractivity contribution in [2.75, 3.05) is 33.2 Å². The van der Waals surface area contributed by atoms with Crippen LogP contribution in [0.5, 0.6) is 0 Å². The molecule has 0 radical (unpaired) electrons. The van der Waals surface area contributed by atoms with Gasteiger partial charge in [0.05, 0.1) is 6.26 Å². The molecule has 0 atom stereocenters. The van der Waals surface area contributed by atoms with Crippen LogP contribution in [0.1, 0.15) is 10.6 Å². The first-order valence-electron chi connectivity index (χ1n) is 7.39. The average Bonchev–Trinajstić information content (AvgIpc) is 3.11. The molecule has 0 bridgehead atoms. The summed E-state index contributed by atoms with van der Waals surface area (Å²) in [5.41, 5.74) is 0.0388. The molecule has 126 valence electrons. The lowest BCUT2D eigenvalue weighted by atomic mass is 10.2. The van der Waals surface area contributed by atoms with Gasteiger partial charge in [0, 0.05) is 39.4 Å². The summed E-state index contributed by atoms with van der Waals surface area (Å²) in [5.74, 6) is -0.794. The van der Waals surface area contributed by atoms with Gasteiger partial charge in [-0.1, -0.05) is 0 Å². The number of carbonyl (C=O) groups is 3. The number of piperazine rings is 1. The van der Waals surface area contributed by atoms with E-state index >= 15 is 0 Å². The maximum Gasteiger partial charge on any atom is 0.289 e. The SMILES string of the molecule is CN1C(=O)/C(=C/N2CCN(C(=O)c3ccco3)CC2)C(=O)NC1=S. The highest BCUT2D eigenvalue weighted by atomic mass is 32.1. The van der Waals surface area contributed by atoms with Crippen LogP contribution in [-0.4, -0.2) is 70.8 Å². The summed E-state index contributed by atoms with van der Waals surface area (Å²) in [6, 6.07) is 3.29. The van der Waals surface area contributed by atoms with Gasteiger partial charge in [-0.05, 0) is 24.4 Å². The zero-order valence-electron chi connectivity index (χ0n) is 13.0. The first-order valence-corrected chi connectivity index (χ1v) is 7.80. The Morgan fingerprint density at radius 3 is 2.62 bits per heavy atom. The normalized spacial score (nSPS) is 20.6. The van der Waals surface area contributed by atoms with Crippen LogP contribution in [0.3, 0.4) is 0 Å². The van der Waals surface area contributed by atoms with E-state index < -0.39 is 11.8 Å². The fraction of sp³-hybridized carbons (Fsp3) is 0.333. The van der Waals surface area contributed by atoms with Crippen LogP contribution >= 0.6 is 12.2 Å². The molecule has 1 aromatic rings. The Hall–Kier alpha value is -2.68. The second-order valence-electron chi connectivity index (χ2n) is 5.47. The standard InChI is InChI=1S/C15H16N4O4S/c1-17-13(21)10(12(20)16-15(17)24)9-18-4-6-19(7-5-18)14(22)11-3-2-8-23-11/h2-3,8-9H,4-7H2,1H3,(H,16,20,24)/b10-9+. The van der Waals surface area contributed by atoms with Crippen LogP contribution in [0.15, 0.2) is 34.6 Å². The Morgan fingerprint density at radius 2 is 2.00 bits per heavy atom. The highest BCUT2D eigenvalue weighted by Crippen LogP contribution is 2.13. The highest BCUT2D eigenvalue weighted by Gasteiger charge is 2.32. The van der Waals surface area contributed by atoms with E-state index in [1.54, 1.807) is 17.0 Å². The molecule has 2 fully saturated rings. The van der Waals surface area contributed by atoms with E-state index in [0.29, 0.717) is 31.9 Å². The Bertz CT molecular complexity index is 720. The molecule has 24 heavy (non-hydrogen) atoms. The third kappa shape index (κ3) is 3.02. The number of likely N-dealkylation sites (N-methyl/N-ethyl adjacent to an activating group) is 1. The molecule has 9 heteroatoms. The summed E-state index contributed by atoms with van der Waals surface area (Å²) in [6.07, 6.45) is 2.99. The van der Waals surface area contributed by atoms with Gasteiger partial charge < -0.3 is 14.2 Å². The number of hydrogen-bond donors (Lipinski definition) is 1. The molecule has 8 nitrogen and oxygen atoms in total. The van der Waals surface area contributed by atoms with Crippen LogP contribution in [0.2, 0.25) is 0 Å². The molecule has 0 unspecified atom stereocenters. The first-order chi connectivity index (χ1) is 11.5. The van der Waals surface area contributed by atoms with E-state index in [4.69, 9.17) is 16.6 Å². The molecule has 0 spiro atoms. The number of rotatable bonds is 2. The quantitative estimate of drug-likeness (QED) is 0.452. The zero-order valence-corrected chi connectivity index (χ0v) is 13.8. The third-order valence-electron chi connectivity index (χ3n) is 3.95. The van der Waals surface area contributed by atoms with Gasteiger partial charge in [0.15, 0.2) is 10.9 Å². The van der Waals surface area contributed by atoms with Gasteiger partial charge in [0.1, 0.15) is 5.57 Å². The molecule has 3 amide bonds. The Kier molecular flexibility index (Phi) is 4.34. The second-order valence-corrected chi connectivity index (χ2v) is 5.86. The molecule has 0 aromatic carbocycles. The van der Waals surface area contributed by atoms with E-state index in [1.165, 1.54) is 24.4 Å². The maximum atomic E-state index is 12.2. The first kappa shape index (κ1) is 16.2. The lowest BCUT2D eigenvalue weighted by Gasteiger charge is -2.34. The van der Waals surface area contributed by atoms with Crippen molar-refractivity contribution < 1.29 is 18.8 Å². The van der Waals surface area contributed by atoms with Crippen LogP contribution in [0, 0.1) is 0 Å². The number of carbonyl (C=O) groups excluding carboxylic acids is 3. The smallest absolute Gasteiger partial charge is 0.289 e. The van der Waals surface area contributed by atoms with Crippen molar-refractivity contribution in [2.45, 2.75) is 0 Å². The third-order valence-corrected chi connectivity index (χ3v) is 4.33. The number of thiocarbonyl (C=S) groups is 1. The Labute approximate surface area is 143 Å². The predicted octanol–water partition coefficient (Wildman–Crippen LogP) is -0.206. The van der Waals surface area contributed by atoms with Crippen molar-refractivity contribution >= 4 is 35.1 Å². The molecule has 3 heterocycles. The number of furan rings is 1. The van der Waals surface area contributed by atoms with Crippen LogP contribution in [-0.2, 0) is 9.59 Å². The lowest BCUT2D eigenvalue weighted by Crippen LogP contribution is -2.53. The van der Waals surface area contributed by atoms with Crippen molar-refractivity contribution in [3.8, 4) is 0 Å². The summed E-state index contributed by atoms with van der Waals surface area (Å²) in [4.78, 5) is 41.0. The predicted molar refractivity (Wildman–Crippen MR) is 87.8 cm³/mol. The summed E-state index contributed by atoms with van der Waals surface area (Å²) < 4.78 is 5.11. The highest BCUT2D eigenvalue weighted by molar-refractivity contribution is 7.80. The molecule has 3 rings (SSSR count). The number of nitrogens with zero attached hydrogens (tertiary/aromatic N) is 3. The number of amides is 3. The summed E-state index contributed by atoms with van der Waals surface area (Å²) in [6.45, 7) is 2.00. The molecule has 0 aliphatic carbocycles. The van der Waals surface area contributed by atoms with Crippen molar-refractivity contribution in [1.82, 2.24) is 20.0 Å². The number of nitrogens with one attached hydrogen (secondary N) is 1. The van der Waals surface area contributed by atoms with Crippen LogP contribution < -0.4 is 5.32 Å². The van der Waals surface area contributed by atoms with Crippen molar-refractivity contribution in [2.24, 2.45) is 0 Å². The molecular weight excluding hydrogens is 332 g/mol. The van der Waals surface area contributed by atoms with Gasteiger partial charge >= 0.3 is 0 Å². The molecular formula is C15H16N4O4S. The fourth-order valence-electron chi connectivity index (χ4n) is 2.52. The van der Waals surface area contributed by atoms with Crippen LogP contribution in [0.4, 0.5) is 0 Å². The minimum atomic E-state index is -0.503. The van der Waals surface area contributed by atoms with Gasteiger partial charge in [0.2, 0.25) is 0 Å². The Balaban J connectivity index is 1.64. The lowest BCUT2D eigenvalue weighted by molar-refractivity contribution is -0.128. The van der Waals surface area contributed by atoms with Crippen molar-refractivity contribution in [3.63, 3.8) is 0 Å². The average molecular weight is 348 g/mol. The second kappa shape index (κ2) is 6.44. The number of hydrogen-bond acceptors (Lipinski definition) is 6. The van der Waals surface area contributed by atoms with E-state index in [1.807, 2.05) is 4.90 Å². The molecule has 0 saturated carbocycles. The molecule has 2 aliphatic rings. The minimum Gasteiger partial charge on any atom is -0.459 e. The summed E-state index contributed by atoms with van der Waals surface area (Å²) in [7, 11) is 1.51. The van der Waals surface area contributed by atoms with Crippen molar-refractivity contribution in [1.29, 1.82) is 0 Å². The van der Waals surface area contributed by atoms with Gasteiger partial charge in [-0.2, -0.15) is 0 Å². The topological polar surface area (TPSA) is 86.1 Å². The van der Waals surface area contributed by atoms with E-state index in [-0.39, 0.29) is 16.6 Å². The van der Waals surface area contributed by atoms with Gasteiger partial charge in [-0.3, -0.25) is 24.6 Å². The minimum absolute atomic E-state index is 0.0388. The molecule has 2 saturated heterocycles. The van der Waals surface area contributed by atoms with Crippen molar-refractivity contribution in [3.05, 3.63) is 35.9 Å². The largest absolute Gasteiger partial charge is 0.459 e. The van der Waals surface area contributed by atoms with Crippen LogP contribution in [0.25, 0.3) is 0 Å². The van der Waals surface area contributed by atoms with Gasteiger partial charge in [-0.15, -0.1) is 0 Å². The summed E-state index contributed by atoms with van der Waals surface area (Å²) in [5, 5.41) is 2.56. The maximum absolute atomic E-state index is 12.2. The van der Waals surface area contributed by atoms with Gasteiger partial charge in [0.25, 0.3) is 17.7 Å². The fourth-order valence-corrected chi connectivity index (χ4v) is 2.70. The molecule has 1 aromatic heterocycles. The molecule has 1 N–H and O–H groups in total.